The van der Waals surface area contributed by atoms with Crippen molar-refractivity contribution in [2.45, 2.75) is 58.8 Å². The fourth-order valence-electron chi connectivity index (χ4n) is 4.51. The molecule has 1 aliphatic heterocycles. The highest BCUT2D eigenvalue weighted by Crippen LogP contribution is 2.41. The number of hydrogen-bond acceptors (Lipinski definition) is 4. The van der Waals surface area contributed by atoms with Gasteiger partial charge in [0, 0.05) is 46.5 Å². The van der Waals surface area contributed by atoms with E-state index >= 15 is 0 Å². The van der Waals surface area contributed by atoms with Crippen LogP contribution in [0.2, 0.25) is 0 Å². The average molecular weight is 397 g/mol. The summed E-state index contributed by atoms with van der Waals surface area (Å²) in [4.78, 5) is 7.51. The molecule has 0 amide bonds. The van der Waals surface area contributed by atoms with Gasteiger partial charge in [-0.3, -0.25) is 4.99 Å². The van der Waals surface area contributed by atoms with Crippen LogP contribution in [0.5, 0.6) is 0 Å². The van der Waals surface area contributed by atoms with Gasteiger partial charge in [-0.25, -0.2) is 0 Å². The van der Waals surface area contributed by atoms with Gasteiger partial charge in [-0.1, -0.05) is 12.8 Å². The van der Waals surface area contributed by atoms with Crippen LogP contribution in [0.4, 0.5) is 0 Å². The Balaban J connectivity index is 1.78. The van der Waals surface area contributed by atoms with Crippen molar-refractivity contribution in [2.75, 3.05) is 66.2 Å². The average Bonchev–Trinajstić information content (AvgIpc) is 3.18. The van der Waals surface area contributed by atoms with Crippen molar-refractivity contribution < 1.29 is 9.47 Å². The molecular formula is C22H44N4O2. The molecule has 0 spiro atoms. The van der Waals surface area contributed by atoms with Crippen LogP contribution in [0.1, 0.15) is 58.8 Å². The summed E-state index contributed by atoms with van der Waals surface area (Å²) in [6, 6.07) is 0. The van der Waals surface area contributed by atoms with Crippen LogP contribution in [0, 0.1) is 11.3 Å². The van der Waals surface area contributed by atoms with Gasteiger partial charge in [0.05, 0.1) is 6.61 Å². The van der Waals surface area contributed by atoms with E-state index in [4.69, 9.17) is 14.5 Å². The van der Waals surface area contributed by atoms with Crippen molar-refractivity contribution in [3.63, 3.8) is 0 Å². The molecule has 2 fully saturated rings. The van der Waals surface area contributed by atoms with Gasteiger partial charge in [-0.15, -0.1) is 0 Å². The minimum atomic E-state index is 0.351. The maximum absolute atomic E-state index is 5.64. The summed E-state index contributed by atoms with van der Waals surface area (Å²) in [6.07, 6.45) is 8.93. The zero-order chi connectivity index (χ0) is 20.1. The van der Waals surface area contributed by atoms with E-state index in [1.54, 1.807) is 7.11 Å². The molecule has 0 aromatic rings. The van der Waals surface area contributed by atoms with Gasteiger partial charge < -0.3 is 25.0 Å². The Hall–Kier alpha value is -0.850. The van der Waals surface area contributed by atoms with Crippen LogP contribution < -0.4 is 10.6 Å². The van der Waals surface area contributed by atoms with E-state index in [2.05, 4.69) is 29.4 Å². The monoisotopic (exact) mass is 396 g/mol. The van der Waals surface area contributed by atoms with Crippen LogP contribution in [-0.2, 0) is 9.47 Å². The quantitative estimate of drug-likeness (QED) is 0.302. The van der Waals surface area contributed by atoms with E-state index < -0.39 is 0 Å². The lowest BCUT2D eigenvalue weighted by Gasteiger charge is -2.32. The Bertz CT molecular complexity index is 430. The molecule has 28 heavy (non-hydrogen) atoms. The molecule has 0 unspecified atom stereocenters. The number of piperidine rings is 1. The van der Waals surface area contributed by atoms with Gasteiger partial charge in [0.1, 0.15) is 0 Å². The van der Waals surface area contributed by atoms with Gasteiger partial charge in [0.15, 0.2) is 5.96 Å². The van der Waals surface area contributed by atoms with Crippen molar-refractivity contribution in [2.24, 2.45) is 16.3 Å². The Labute approximate surface area is 172 Å². The first-order chi connectivity index (χ1) is 13.7. The number of guanidine groups is 1. The lowest BCUT2D eigenvalue weighted by atomic mass is 9.83. The summed E-state index contributed by atoms with van der Waals surface area (Å²) in [5.74, 6) is 1.73. The van der Waals surface area contributed by atoms with E-state index in [9.17, 15) is 0 Å². The van der Waals surface area contributed by atoms with Crippen molar-refractivity contribution in [3.05, 3.63) is 0 Å². The van der Waals surface area contributed by atoms with Crippen molar-refractivity contribution >= 4 is 5.96 Å². The minimum absolute atomic E-state index is 0.351. The largest absolute Gasteiger partial charge is 0.383 e. The molecule has 1 saturated carbocycles. The lowest BCUT2D eigenvalue weighted by molar-refractivity contribution is 0.107. The third-order valence-electron chi connectivity index (χ3n) is 6.44. The second-order valence-electron chi connectivity index (χ2n) is 8.51. The maximum atomic E-state index is 5.64. The number of rotatable bonds is 12. The molecule has 0 aromatic carbocycles. The van der Waals surface area contributed by atoms with Crippen LogP contribution >= 0.6 is 0 Å². The minimum Gasteiger partial charge on any atom is -0.383 e. The Morgan fingerprint density at radius 1 is 1.11 bits per heavy atom. The topological polar surface area (TPSA) is 58.1 Å². The molecule has 0 radical (unpaired) electrons. The van der Waals surface area contributed by atoms with Gasteiger partial charge in [-0.2, -0.15) is 0 Å². The number of methoxy groups -OCH3 is 1. The number of likely N-dealkylation sites (tertiary alicyclic amines) is 1. The molecule has 2 N–H and O–H groups in total. The molecule has 2 rings (SSSR count). The SMILES string of the molecule is CCNC(=NCC1(CCOCC)CCCC1)NCC1CCN(CCOC)CC1. The predicted octanol–water partition coefficient (Wildman–Crippen LogP) is 2.89. The van der Waals surface area contributed by atoms with Crippen LogP contribution in [0.15, 0.2) is 4.99 Å². The van der Waals surface area contributed by atoms with Crippen molar-refractivity contribution in [1.82, 2.24) is 15.5 Å². The standard InChI is InChI=1S/C22H44N4O2/c1-4-23-21(24-18-20-8-13-26(14-9-20)15-17-27-3)25-19-22(10-6-7-11-22)12-16-28-5-2/h20H,4-19H2,1-3H3,(H2,23,24,25). The number of aliphatic imine (C=N–C) groups is 1. The molecule has 6 heteroatoms. The summed E-state index contributed by atoms with van der Waals surface area (Å²) in [5.41, 5.74) is 0.351. The molecule has 0 aromatic heterocycles. The summed E-state index contributed by atoms with van der Waals surface area (Å²) >= 11 is 0. The smallest absolute Gasteiger partial charge is 0.191 e. The Kier molecular flexibility index (Phi) is 11.2. The van der Waals surface area contributed by atoms with Crippen LogP contribution in [0.3, 0.4) is 0 Å². The first-order valence-corrected chi connectivity index (χ1v) is 11.5. The molecular weight excluding hydrogens is 352 g/mol. The molecule has 1 aliphatic carbocycles. The first kappa shape index (κ1) is 23.4. The molecule has 1 saturated heterocycles. The second kappa shape index (κ2) is 13.4. The molecule has 0 atom stereocenters. The van der Waals surface area contributed by atoms with E-state index in [1.807, 2.05) is 0 Å². The Morgan fingerprint density at radius 2 is 1.86 bits per heavy atom. The van der Waals surface area contributed by atoms with Crippen LogP contribution in [-0.4, -0.2) is 77.1 Å². The summed E-state index contributed by atoms with van der Waals surface area (Å²) in [5, 5.41) is 7.07. The number of hydrogen-bond donors (Lipinski definition) is 2. The van der Waals surface area contributed by atoms with Gasteiger partial charge in [0.25, 0.3) is 0 Å². The number of nitrogens with one attached hydrogen (secondary N) is 2. The highest BCUT2D eigenvalue weighted by Gasteiger charge is 2.33. The predicted molar refractivity (Wildman–Crippen MR) is 117 cm³/mol. The third-order valence-corrected chi connectivity index (χ3v) is 6.44. The van der Waals surface area contributed by atoms with E-state index in [-0.39, 0.29) is 0 Å². The van der Waals surface area contributed by atoms with E-state index in [1.165, 1.54) is 51.6 Å². The van der Waals surface area contributed by atoms with Crippen LogP contribution in [0.25, 0.3) is 0 Å². The van der Waals surface area contributed by atoms with Gasteiger partial charge in [-0.05, 0) is 70.4 Å². The summed E-state index contributed by atoms with van der Waals surface area (Å²) < 4.78 is 10.8. The molecule has 0 bridgehead atoms. The normalized spacial score (nSPS) is 21.2. The molecule has 2 aliphatic rings. The molecule has 6 nitrogen and oxygen atoms in total. The van der Waals surface area contributed by atoms with Crippen molar-refractivity contribution in [3.8, 4) is 0 Å². The number of nitrogens with zero attached hydrogens (tertiary/aromatic N) is 2. The molecule has 164 valence electrons. The van der Waals surface area contributed by atoms with Gasteiger partial charge in [0.2, 0.25) is 0 Å². The highest BCUT2D eigenvalue weighted by atomic mass is 16.5. The number of ether oxygens (including phenoxy) is 2. The highest BCUT2D eigenvalue weighted by molar-refractivity contribution is 5.79. The first-order valence-electron chi connectivity index (χ1n) is 11.5. The van der Waals surface area contributed by atoms with Gasteiger partial charge >= 0.3 is 0 Å². The zero-order valence-electron chi connectivity index (χ0n) is 18.6. The third kappa shape index (κ3) is 8.26. The van der Waals surface area contributed by atoms with Crippen molar-refractivity contribution in [1.29, 1.82) is 0 Å². The molecule has 1 heterocycles. The zero-order valence-corrected chi connectivity index (χ0v) is 18.6. The Morgan fingerprint density at radius 3 is 2.50 bits per heavy atom. The van der Waals surface area contributed by atoms with E-state index in [0.29, 0.717) is 5.41 Å². The second-order valence-corrected chi connectivity index (χ2v) is 8.51. The fourth-order valence-corrected chi connectivity index (χ4v) is 4.51. The summed E-state index contributed by atoms with van der Waals surface area (Å²) in [7, 11) is 1.78. The lowest BCUT2D eigenvalue weighted by Crippen LogP contribution is -2.43. The fraction of sp³-hybridized carbons (Fsp3) is 0.955. The summed E-state index contributed by atoms with van der Waals surface area (Å²) in [6.45, 7) is 13.0. The maximum Gasteiger partial charge on any atom is 0.191 e. The van der Waals surface area contributed by atoms with E-state index in [0.717, 1.165) is 64.3 Å².